The first kappa shape index (κ1) is 18.1. The molecular formula is C23H21ClN4O. The number of rotatable bonds is 4. The first-order chi connectivity index (χ1) is 14.2. The maximum atomic E-state index is 9.58. The van der Waals surface area contributed by atoms with Crippen LogP contribution in [0.4, 0.5) is 11.6 Å². The molecule has 0 unspecified atom stereocenters. The number of hydrogen-bond donors (Lipinski definition) is 0. The van der Waals surface area contributed by atoms with Crippen LogP contribution in [-0.2, 0) is 0 Å². The molecule has 1 aliphatic carbocycles. The first-order valence-corrected chi connectivity index (χ1v) is 10.3. The van der Waals surface area contributed by atoms with Gasteiger partial charge in [0.15, 0.2) is 0 Å². The first-order valence-electron chi connectivity index (χ1n) is 9.94. The number of anilines is 2. The summed E-state index contributed by atoms with van der Waals surface area (Å²) in [7, 11) is 0. The molecule has 1 saturated carbocycles. The lowest BCUT2D eigenvalue weighted by Gasteiger charge is -2.36. The second-order valence-electron chi connectivity index (χ2n) is 7.63. The van der Waals surface area contributed by atoms with Crippen molar-refractivity contribution in [2.45, 2.75) is 18.3 Å². The van der Waals surface area contributed by atoms with Crippen LogP contribution in [-0.4, -0.2) is 31.2 Å². The Kier molecular flexibility index (Phi) is 4.65. The SMILES string of the molecule is N#Cc1nc([C@@H]2C[C@@H]2c2ccccc2)oc1N1CCN(c2cccc(Cl)c2)CC1. The second-order valence-corrected chi connectivity index (χ2v) is 8.07. The van der Waals surface area contributed by atoms with E-state index in [-0.39, 0.29) is 5.92 Å². The van der Waals surface area contributed by atoms with E-state index in [2.05, 4.69) is 51.2 Å². The molecular weight excluding hydrogens is 384 g/mol. The summed E-state index contributed by atoms with van der Waals surface area (Å²) in [5.41, 5.74) is 2.83. The Hall–Kier alpha value is -2.97. The summed E-state index contributed by atoms with van der Waals surface area (Å²) in [6.45, 7) is 3.25. The topological polar surface area (TPSA) is 56.3 Å². The van der Waals surface area contributed by atoms with Gasteiger partial charge in [0.1, 0.15) is 6.07 Å². The van der Waals surface area contributed by atoms with Crippen molar-refractivity contribution in [2.75, 3.05) is 36.0 Å². The number of hydrogen-bond acceptors (Lipinski definition) is 5. The molecule has 2 atom stereocenters. The van der Waals surface area contributed by atoms with Gasteiger partial charge in [0, 0.05) is 42.8 Å². The Labute approximate surface area is 175 Å². The van der Waals surface area contributed by atoms with Crippen LogP contribution < -0.4 is 9.80 Å². The largest absolute Gasteiger partial charge is 0.423 e. The van der Waals surface area contributed by atoms with Gasteiger partial charge in [-0.25, -0.2) is 4.98 Å². The summed E-state index contributed by atoms with van der Waals surface area (Å²) < 4.78 is 6.13. The number of oxazole rings is 1. The van der Waals surface area contributed by atoms with Crippen molar-refractivity contribution in [1.29, 1.82) is 5.26 Å². The minimum absolute atomic E-state index is 0.269. The molecule has 29 heavy (non-hydrogen) atoms. The zero-order chi connectivity index (χ0) is 19.8. The third kappa shape index (κ3) is 3.56. The summed E-state index contributed by atoms with van der Waals surface area (Å²) >= 11 is 6.13. The van der Waals surface area contributed by atoms with Gasteiger partial charge in [0.25, 0.3) is 0 Å². The van der Waals surface area contributed by atoms with Crippen molar-refractivity contribution in [1.82, 2.24) is 4.98 Å². The highest BCUT2D eigenvalue weighted by molar-refractivity contribution is 6.30. The monoisotopic (exact) mass is 404 g/mol. The van der Waals surface area contributed by atoms with Crippen molar-refractivity contribution in [3.05, 3.63) is 76.8 Å². The lowest BCUT2D eigenvalue weighted by Crippen LogP contribution is -2.46. The molecule has 0 radical (unpaired) electrons. The van der Waals surface area contributed by atoms with Crippen molar-refractivity contribution in [3.8, 4) is 6.07 Å². The van der Waals surface area contributed by atoms with E-state index < -0.39 is 0 Å². The molecule has 2 heterocycles. The zero-order valence-corrected chi connectivity index (χ0v) is 16.7. The van der Waals surface area contributed by atoms with Crippen LogP contribution in [0.1, 0.15) is 35.4 Å². The van der Waals surface area contributed by atoms with Crippen LogP contribution in [0.3, 0.4) is 0 Å². The van der Waals surface area contributed by atoms with E-state index in [1.165, 1.54) is 5.56 Å². The van der Waals surface area contributed by atoms with Crippen LogP contribution in [0.2, 0.25) is 5.02 Å². The fourth-order valence-electron chi connectivity index (χ4n) is 4.15. The summed E-state index contributed by atoms with van der Waals surface area (Å²) in [5, 5.41) is 10.3. The van der Waals surface area contributed by atoms with Gasteiger partial charge >= 0.3 is 0 Å². The summed E-state index contributed by atoms with van der Waals surface area (Å²) in [6, 6.07) is 20.6. The van der Waals surface area contributed by atoms with Gasteiger partial charge in [-0.3, -0.25) is 0 Å². The van der Waals surface area contributed by atoms with Gasteiger partial charge in [-0.15, -0.1) is 0 Å². The minimum atomic E-state index is 0.269. The number of nitrogens with zero attached hydrogens (tertiary/aromatic N) is 4. The highest BCUT2D eigenvalue weighted by atomic mass is 35.5. The molecule has 3 aromatic rings. The molecule has 1 aliphatic heterocycles. The molecule has 5 rings (SSSR count). The molecule has 1 aromatic heterocycles. The minimum Gasteiger partial charge on any atom is -0.423 e. The van der Waals surface area contributed by atoms with E-state index in [0.717, 1.165) is 43.3 Å². The molecule has 5 nitrogen and oxygen atoms in total. The molecule has 146 valence electrons. The molecule has 1 saturated heterocycles. The number of nitriles is 1. The lowest BCUT2D eigenvalue weighted by atomic mass is 10.1. The highest BCUT2D eigenvalue weighted by Crippen LogP contribution is 2.54. The summed E-state index contributed by atoms with van der Waals surface area (Å²) in [6.07, 6.45) is 1.03. The number of halogens is 1. The predicted molar refractivity (Wildman–Crippen MR) is 114 cm³/mol. The van der Waals surface area contributed by atoms with Gasteiger partial charge < -0.3 is 14.2 Å². The van der Waals surface area contributed by atoms with E-state index >= 15 is 0 Å². The van der Waals surface area contributed by atoms with E-state index in [1.54, 1.807) is 0 Å². The molecule has 0 amide bonds. The summed E-state index contributed by atoms with van der Waals surface area (Å²) in [4.78, 5) is 8.97. The van der Waals surface area contributed by atoms with Crippen molar-refractivity contribution < 1.29 is 4.42 Å². The number of benzene rings is 2. The van der Waals surface area contributed by atoms with Crippen molar-refractivity contribution in [3.63, 3.8) is 0 Å². The standard InChI is InChI=1S/C23H21ClN4O/c24-17-7-4-8-18(13-17)27-9-11-28(12-10-27)23-21(15-25)26-22(29-23)20-14-19(20)16-5-2-1-3-6-16/h1-8,13,19-20H,9-12,14H2/t19-,20-/m1/s1. The average molecular weight is 405 g/mol. The van der Waals surface area contributed by atoms with Gasteiger partial charge in [-0.05, 0) is 36.1 Å². The fraction of sp³-hybridized carbons (Fsp3) is 0.304. The molecule has 2 aromatic carbocycles. The maximum Gasteiger partial charge on any atom is 0.234 e. The smallest absolute Gasteiger partial charge is 0.234 e. The molecule has 2 fully saturated rings. The fourth-order valence-corrected chi connectivity index (χ4v) is 4.34. The highest BCUT2D eigenvalue weighted by Gasteiger charge is 2.44. The summed E-state index contributed by atoms with van der Waals surface area (Å²) in [5.74, 6) is 2.02. The quantitative estimate of drug-likeness (QED) is 0.625. The Morgan fingerprint density at radius 1 is 0.966 bits per heavy atom. The van der Waals surface area contributed by atoms with E-state index in [4.69, 9.17) is 16.0 Å². The van der Waals surface area contributed by atoms with Crippen LogP contribution in [0.5, 0.6) is 0 Å². The Balaban J connectivity index is 1.29. The number of aromatic nitrogens is 1. The van der Waals surface area contributed by atoms with Crippen LogP contribution in [0.15, 0.2) is 59.0 Å². The second kappa shape index (κ2) is 7.46. The normalized spacial score (nSPS) is 21.1. The predicted octanol–water partition coefficient (Wildman–Crippen LogP) is 4.80. The Morgan fingerprint density at radius 3 is 2.45 bits per heavy atom. The van der Waals surface area contributed by atoms with Gasteiger partial charge in [-0.1, -0.05) is 48.0 Å². The third-order valence-electron chi connectivity index (χ3n) is 5.81. The molecule has 6 heteroatoms. The lowest BCUT2D eigenvalue weighted by molar-refractivity contribution is 0.476. The Morgan fingerprint density at radius 2 is 1.72 bits per heavy atom. The third-order valence-corrected chi connectivity index (χ3v) is 6.04. The van der Waals surface area contributed by atoms with E-state index in [0.29, 0.717) is 23.4 Å². The molecule has 0 N–H and O–H groups in total. The number of piperazine rings is 1. The van der Waals surface area contributed by atoms with Crippen LogP contribution >= 0.6 is 11.6 Å². The Bertz CT molecular complexity index is 1050. The average Bonchev–Trinajstić information content (AvgIpc) is 3.46. The van der Waals surface area contributed by atoms with Crippen molar-refractivity contribution >= 4 is 23.2 Å². The van der Waals surface area contributed by atoms with Crippen molar-refractivity contribution in [2.24, 2.45) is 0 Å². The molecule has 0 bridgehead atoms. The van der Waals surface area contributed by atoms with E-state index in [1.807, 2.05) is 24.3 Å². The molecule has 0 spiro atoms. The zero-order valence-electron chi connectivity index (χ0n) is 16.0. The van der Waals surface area contributed by atoms with Gasteiger partial charge in [0.2, 0.25) is 17.5 Å². The van der Waals surface area contributed by atoms with Crippen LogP contribution in [0, 0.1) is 11.3 Å². The van der Waals surface area contributed by atoms with Gasteiger partial charge in [-0.2, -0.15) is 5.26 Å². The van der Waals surface area contributed by atoms with E-state index in [9.17, 15) is 5.26 Å². The maximum absolute atomic E-state index is 9.58. The van der Waals surface area contributed by atoms with Crippen LogP contribution in [0.25, 0.3) is 0 Å². The molecule has 2 aliphatic rings. The van der Waals surface area contributed by atoms with Gasteiger partial charge in [0.05, 0.1) is 0 Å².